The molecule has 0 aromatic rings. The van der Waals surface area contributed by atoms with Crippen molar-refractivity contribution in [3.8, 4) is 0 Å². The molecule has 4 atom stereocenters. The highest BCUT2D eigenvalue weighted by Gasteiger charge is 2.29. The zero-order valence-corrected chi connectivity index (χ0v) is 11.2. The third-order valence-corrected chi connectivity index (χ3v) is 2.03. The summed E-state index contributed by atoms with van der Waals surface area (Å²) in [5.74, 6) is -2.51. The van der Waals surface area contributed by atoms with E-state index < -0.39 is 43.0 Å². The predicted octanol–water partition coefficient (Wildman–Crippen LogP) is -3.22. The lowest BCUT2D eigenvalue weighted by molar-refractivity contribution is -0.134. The number of hydrogen-bond acceptors (Lipinski definition) is 8. The van der Waals surface area contributed by atoms with Gasteiger partial charge in [-0.2, -0.15) is 0 Å². The molecule has 0 aliphatic heterocycles. The Hall–Kier alpha value is -1.56. The molecule has 4 unspecified atom stereocenters. The Morgan fingerprint density at radius 1 is 0.952 bits per heavy atom. The lowest BCUT2D eigenvalue weighted by Gasteiger charge is -2.24. The molecule has 0 saturated heterocycles. The Kier molecular flexibility index (Phi) is 12.6. The molecular formula is C11H20O10. The summed E-state index contributed by atoms with van der Waals surface area (Å²) < 4.78 is 4.52. The van der Waals surface area contributed by atoms with E-state index in [9.17, 15) is 9.59 Å². The van der Waals surface area contributed by atoms with E-state index in [1.54, 1.807) is 0 Å². The van der Waals surface area contributed by atoms with Gasteiger partial charge in [0.25, 0.3) is 0 Å². The molecular weight excluding hydrogens is 292 g/mol. The lowest BCUT2D eigenvalue weighted by atomic mass is 10.0. The minimum atomic E-state index is -1.59. The highest BCUT2D eigenvalue weighted by Crippen LogP contribution is 2.04. The topological polar surface area (TPSA) is 185 Å². The van der Waals surface area contributed by atoms with E-state index >= 15 is 0 Å². The predicted molar refractivity (Wildman–Crippen MR) is 67.4 cm³/mol. The molecule has 0 aliphatic rings. The molecule has 124 valence electrons. The second kappa shape index (κ2) is 12.2. The maximum atomic E-state index is 9.55. The van der Waals surface area contributed by atoms with Crippen LogP contribution in [-0.2, 0) is 14.3 Å². The molecule has 0 radical (unpaired) electrons. The highest BCUT2D eigenvalue weighted by molar-refractivity contribution is 5.89. The van der Waals surface area contributed by atoms with Crippen LogP contribution >= 0.6 is 0 Å². The van der Waals surface area contributed by atoms with Crippen molar-refractivity contribution in [1.82, 2.24) is 0 Å². The van der Waals surface area contributed by atoms with E-state index in [0.29, 0.717) is 12.2 Å². The SMILES string of the molecule is COCC(O)C(O)C(O)C(O)CO.O=C(O)/C=C/C(=O)O. The smallest absolute Gasteiger partial charge is 0.328 e. The average Bonchev–Trinajstić information content (AvgIpc) is 2.43. The largest absolute Gasteiger partial charge is 0.478 e. The number of carbonyl (C=O) groups is 2. The van der Waals surface area contributed by atoms with Crippen molar-refractivity contribution < 1.29 is 50.1 Å². The van der Waals surface area contributed by atoms with Crippen molar-refractivity contribution in [2.24, 2.45) is 0 Å². The Morgan fingerprint density at radius 2 is 1.33 bits per heavy atom. The standard InChI is InChI=1S/C7H16O6.C4H4O4/c1-13-3-5(10)7(12)6(11)4(9)2-8;5-3(6)1-2-4(7)8/h4-12H,2-3H2,1H3;1-2H,(H,5,6)(H,7,8)/b;2-1+. The molecule has 0 rings (SSSR count). The maximum Gasteiger partial charge on any atom is 0.328 e. The summed E-state index contributed by atoms with van der Waals surface area (Å²) in [5.41, 5.74) is 0. The van der Waals surface area contributed by atoms with Gasteiger partial charge in [0.2, 0.25) is 0 Å². The summed E-state index contributed by atoms with van der Waals surface area (Å²) in [4.78, 5) is 19.1. The van der Waals surface area contributed by atoms with Gasteiger partial charge in [0.1, 0.15) is 24.4 Å². The molecule has 10 nitrogen and oxygen atoms in total. The van der Waals surface area contributed by atoms with Crippen LogP contribution in [0.2, 0.25) is 0 Å². The molecule has 0 aromatic carbocycles. The first-order valence-electron chi connectivity index (χ1n) is 5.63. The van der Waals surface area contributed by atoms with E-state index in [0.717, 1.165) is 0 Å². The van der Waals surface area contributed by atoms with Crippen LogP contribution in [0.1, 0.15) is 0 Å². The van der Waals surface area contributed by atoms with Gasteiger partial charge in [-0.1, -0.05) is 0 Å². The van der Waals surface area contributed by atoms with Gasteiger partial charge in [-0.25, -0.2) is 9.59 Å². The van der Waals surface area contributed by atoms with E-state index in [2.05, 4.69) is 4.74 Å². The number of methoxy groups -OCH3 is 1. The van der Waals surface area contributed by atoms with Gasteiger partial charge in [-0.3, -0.25) is 0 Å². The van der Waals surface area contributed by atoms with E-state index in [-0.39, 0.29) is 6.61 Å². The average molecular weight is 312 g/mol. The normalized spacial score (nSPS) is 16.5. The van der Waals surface area contributed by atoms with Crippen LogP contribution in [0.4, 0.5) is 0 Å². The Balaban J connectivity index is 0. The third kappa shape index (κ3) is 11.9. The van der Waals surface area contributed by atoms with Crippen molar-refractivity contribution >= 4 is 11.9 Å². The van der Waals surface area contributed by atoms with E-state index in [4.69, 9.17) is 35.7 Å². The molecule has 21 heavy (non-hydrogen) atoms. The minimum Gasteiger partial charge on any atom is -0.478 e. The van der Waals surface area contributed by atoms with Crippen LogP contribution in [0.5, 0.6) is 0 Å². The van der Waals surface area contributed by atoms with Crippen molar-refractivity contribution in [1.29, 1.82) is 0 Å². The first kappa shape index (κ1) is 21.7. The second-order valence-electron chi connectivity index (χ2n) is 3.76. The Labute approximate surface area is 120 Å². The van der Waals surface area contributed by atoms with Gasteiger partial charge in [0.05, 0.1) is 13.2 Å². The molecule has 0 aliphatic carbocycles. The van der Waals surface area contributed by atoms with Gasteiger partial charge < -0.3 is 40.5 Å². The molecule has 0 spiro atoms. The third-order valence-electron chi connectivity index (χ3n) is 2.03. The van der Waals surface area contributed by atoms with Crippen molar-refractivity contribution in [3.63, 3.8) is 0 Å². The first-order chi connectivity index (χ1) is 9.67. The van der Waals surface area contributed by atoms with Crippen molar-refractivity contribution in [2.75, 3.05) is 20.3 Å². The number of aliphatic hydroxyl groups excluding tert-OH is 5. The van der Waals surface area contributed by atoms with E-state index in [1.165, 1.54) is 7.11 Å². The van der Waals surface area contributed by atoms with Crippen LogP contribution in [-0.4, -0.2) is 92.4 Å². The van der Waals surface area contributed by atoms with Gasteiger partial charge in [-0.15, -0.1) is 0 Å². The molecule has 0 amide bonds. The van der Waals surface area contributed by atoms with E-state index in [1.807, 2.05) is 0 Å². The van der Waals surface area contributed by atoms with Crippen LogP contribution < -0.4 is 0 Å². The van der Waals surface area contributed by atoms with Crippen molar-refractivity contribution in [2.45, 2.75) is 24.4 Å². The van der Waals surface area contributed by atoms with Crippen LogP contribution in [0.15, 0.2) is 12.2 Å². The van der Waals surface area contributed by atoms with Crippen LogP contribution in [0, 0.1) is 0 Å². The number of ether oxygens (including phenoxy) is 1. The summed E-state index contributed by atoms with van der Waals surface area (Å²) >= 11 is 0. The summed E-state index contributed by atoms with van der Waals surface area (Å²) in [6.45, 7) is -0.839. The summed E-state index contributed by atoms with van der Waals surface area (Å²) in [5, 5.41) is 60.3. The minimum absolute atomic E-state index is 0.156. The fourth-order valence-corrected chi connectivity index (χ4v) is 0.975. The number of rotatable bonds is 8. The monoisotopic (exact) mass is 312 g/mol. The molecule has 0 aromatic heterocycles. The van der Waals surface area contributed by atoms with Gasteiger partial charge in [0.15, 0.2) is 0 Å². The number of aliphatic carboxylic acids is 2. The molecule has 0 saturated carbocycles. The maximum absolute atomic E-state index is 9.55. The zero-order valence-electron chi connectivity index (χ0n) is 11.2. The first-order valence-corrected chi connectivity index (χ1v) is 5.63. The summed E-state index contributed by atoms with van der Waals surface area (Å²) in [7, 11) is 1.32. The van der Waals surface area contributed by atoms with Crippen molar-refractivity contribution in [3.05, 3.63) is 12.2 Å². The molecule has 0 bridgehead atoms. The molecule has 7 N–H and O–H groups in total. The van der Waals surface area contributed by atoms with Gasteiger partial charge in [0, 0.05) is 19.3 Å². The Morgan fingerprint density at radius 3 is 1.62 bits per heavy atom. The lowest BCUT2D eigenvalue weighted by Crippen LogP contribution is -2.47. The fourth-order valence-electron chi connectivity index (χ4n) is 0.975. The molecule has 0 fully saturated rings. The number of carboxylic acids is 2. The highest BCUT2D eigenvalue weighted by atomic mass is 16.5. The number of hydrogen-bond donors (Lipinski definition) is 7. The van der Waals surface area contributed by atoms with Gasteiger partial charge in [-0.05, 0) is 0 Å². The number of aliphatic hydroxyl groups is 5. The molecule has 10 heteroatoms. The summed E-state index contributed by atoms with van der Waals surface area (Å²) in [6.07, 6.45) is -4.77. The zero-order chi connectivity index (χ0) is 17.0. The van der Waals surface area contributed by atoms with Gasteiger partial charge >= 0.3 is 11.9 Å². The van der Waals surface area contributed by atoms with Crippen LogP contribution in [0.3, 0.4) is 0 Å². The fraction of sp³-hybridized carbons (Fsp3) is 0.636. The molecule has 0 heterocycles. The Bertz CT molecular complexity index is 313. The second-order valence-corrected chi connectivity index (χ2v) is 3.76. The number of carboxylic acid groups (broad SMARTS) is 2. The van der Waals surface area contributed by atoms with Crippen LogP contribution in [0.25, 0.3) is 0 Å². The summed E-state index contributed by atoms with van der Waals surface area (Å²) in [6, 6.07) is 0. The quantitative estimate of drug-likeness (QED) is 0.225.